The number of carbonyl (C=O) groups excluding carboxylic acids is 1. The fourth-order valence-corrected chi connectivity index (χ4v) is 7.04. The first-order chi connectivity index (χ1) is 18.7. The molecule has 0 bridgehead atoms. The van der Waals surface area contributed by atoms with Crippen LogP contribution >= 0.6 is 0 Å². The lowest BCUT2D eigenvalue weighted by Gasteiger charge is -2.33. The molecule has 12 heteroatoms. The molecule has 3 aliphatic heterocycles. The summed E-state index contributed by atoms with van der Waals surface area (Å²) in [7, 11) is -0.0549. The molecule has 1 fully saturated rings. The van der Waals surface area contributed by atoms with Gasteiger partial charge in [0.1, 0.15) is 0 Å². The topological polar surface area (TPSA) is 115 Å². The molecule has 2 aromatic heterocycles. The molecule has 1 N–H and O–H groups in total. The van der Waals surface area contributed by atoms with Gasteiger partial charge in [-0.05, 0) is 43.4 Å². The number of hydrogen-bond donors (Lipinski definition) is 1. The summed E-state index contributed by atoms with van der Waals surface area (Å²) >= 11 is 0. The van der Waals surface area contributed by atoms with E-state index in [1.54, 1.807) is 17.9 Å². The van der Waals surface area contributed by atoms with Gasteiger partial charge in [-0.2, -0.15) is 10.2 Å². The number of aryl methyl sites for hydroxylation is 2. The molecule has 0 radical (unpaired) electrons. The number of nitrogens with one attached hydrogen (secondary N) is 1. The molecule has 39 heavy (non-hydrogen) atoms. The molecule has 3 aliphatic rings. The third kappa shape index (κ3) is 4.69. The smallest absolute Gasteiger partial charge is 0.317 e. The second-order valence-corrected chi connectivity index (χ2v) is 12.7. The molecule has 0 atom stereocenters. The Balaban J connectivity index is 1.49. The second-order valence-electron chi connectivity index (χ2n) is 10.7. The van der Waals surface area contributed by atoms with Crippen molar-refractivity contribution in [2.75, 3.05) is 44.5 Å². The zero-order valence-electron chi connectivity index (χ0n) is 22.7. The van der Waals surface area contributed by atoms with Crippen LogP contribution in [-0.2, 0) is 41.0 Å². The molecule has 6 rings (SSSR count). The normalized spacial score (nSPS) is 18.1. The van der Waals surface area contributed by atoms with Crippen molar-refractivity contribution in [2.24, 2.45) is 7.05 Å². The average Bonchev–Trinajstić information content (AvgIpc) is 3.55. The molecule has 208 valence electrons. The standard InChI is InChI=1S/C27H35N7O4S/c1-28-27(35)32-10-6-23-22(17-32)26(30-34(23)20-7-11-38-12-8-20)33-9-4-5-18-13-21(19-15-29-31(2)16-19)25(14-24(18)33)39(3,36)37/h13-16,20H,4-12,17H2,1-3H3,(H,28,35). The first-order valence-electron chi connectivity index (χ1n) is 13.5. The SMILES string of the molecule is CNC(=O)N1CCc2c(c(N3CCCc4cc(-c5cnn(C)c5)c(S(C)(=O)=O)cc43)nn2C2CCOCC2)C1. The van der Waals surface area contributed by atoms with Gasteiger partial charge < -0.3 is 19.9 Å². The van der Waals surface area contributed by atoms with Crippen LogP contribution < -0.4 is 10.2 Å². The zero-order chi connectivity index (χ0) is 27.3. The number of amides is 2. The van der Waals surface area contributed by atoms with E-state index >= 15 is 0 Å². The van der Waals surface area contributed by atoms with E-state index in [1.165, 1.54) is 11.9 Å². The molecule has 5 heterocycles. The summed E-state index contributed by atoms with van der Waals surface area (Å²) < 4.78 is 35.5. The van der Waals surface area contributed by atoms with Crippen LogP contribution in [0, 0.1) is 0 Å². The van der Waals surface area contributed by atoms with Gasteiger partial charge in [-0.1, -0.05) is 0 Å². The molecule has 1 aromatic carbocycles. The van der Waals surface area contributed by atoms with Crippen molar-refractivity contribution < 1.29 is 17.9 Å². The maximum atomic E-state index is 13.0. The van der Waals surface area contributed by atoms with Crippen LogP contribution in [0.15, 0.2) is 29.4 Å². The van der Waals surface area contributed by atoms with Gasteiger partial charge in [0, 0.05) is 87.3 Å². The maximum absolute atomic E-state index is 13.0. The number of sulfone groups is 1. The number of aromatic nitrogens is 4. The highest BCUT2D eigenvalue weighted by Crippen LogP contribution is 2.42. The molecule has 1 saturated heterocycles. The molecule has 0 unspecified atom stereocenters. The highest BCUT2D eigenvalue weighted by atomic mass is 32.2. The Morgan fingerprint density at radius 1 is 1.15 bits per heavy atom. The fourth-order valence-electron chi connectivity index (χ4n) is 6.13. The number of fused-ring (bicyclic) bond motifs is 2. The Morgan fingerprint density at radius 3 is 2.64 bits per heavy atom. The Bertz CT molecular complexity index is 1520. The molecule has 11 nitrogen and oxygen atoms in total. The Labute approximate surface area is 228 Å². The number of carbonyl (C=O) groups is 1. The lowest BCUT2D eigenvalue weighted by atomic mass is 9.96. The van der Waals surface area contributed by atoms with Crippen LogP contribution in [0.4, 0.5) is 16.3 Å². The van der Waals surface area contributed by atoms with E-state index in [9.17, 15) is 13.2 Å². The predicted octanol–water partition coefficient (Wildman–Crippen LogP) is 2.82. The summed E-state index contributed by atoms with van der Waals surface area (Å²) in [5, 5.41) is 12.2. The predicted molar refractivity (Wildman–Crippen MR) is 147 cm³/mol. The fraction of sp³-hybridized carbons (Fsp3) is 0.519. The van der Waals surface area contributed by atoms with Gasteiger partial charge in [-0.3, -0.25) is 9.36 Å². The lowest BCUT2D eigenvalue weighted by molar-refractivity contribution is 0.0651. The lowest BCUT2D eigenvalue weighted by Crippen LogP contribution is -2.42. The summed E-state index contributed by atoms with van der Waals surface area (Å²) in [5.41, 5.74) is 5.61. The summed E-state index contributed by atoms with van der Waals surface area (Å²) in [6, 6.07) is 3.96. The van der Waals surface area contributed by atoms with Crippen LogP contribution in [0.2, 0.25) is 0 Å². The quantitative estimate of drug-likeness (QED) is 0.528. The van der Waals surface area contributed by atoms with Crippen molar-refractivity contribution >= 4 is 27.4 Å². The van der Waals surface area contributed by atoms with Crippen LogP contribution in [0.25, 0.3) is 11.1 Å². The van der Waals surface area contributed by atoms with Gasteiger partial charge in [0.15, 0.2) is 15.7 Å². The third-order valence-electron chi connectivity index (χ3n) is 8.07. The molecule has 3 aromatic rings. The summed E-state index contributed by atoms with van der Waals surface area (Å²) in [5.74, 6) is 0.819. The van der Waals surface area contributed by atoms with E-state index in [0.717, 1.165) is 66.8 Å². The molecular formula is C27H35N7O4S. The van der Waals surface area contributed by atoms with E-state index in [2.05, 4.69) is 20.0 Å². The van der Waals surface area contributed by atoms with E-state index < -0.39 is 9.84 Å². The number of anilines is 2. The number of rotatable bonds is 4. The number of urea groups is 1. The van der Waals surface area contributed by atoms with Crippen LogP contribution in [0.5, 0.6) is 0 Å². The van der Waals surface area contributed by atoms with Gasteiger partial charge in [0.05, 0.1) is 23.7 Å². The van der Waals surface area contributed by atoms with Crippen molar-refractivity contribution in [3.05, 3.63) is 41.3 Å². The average molecular weight is 554 g/mol. The maximum Gasteiger partial charge on any atom is 0.317 e. The van der Waals surface area contributed by atoms with Gasteiger partial charge >= 0.3 is 6.03 Å². The highest BCUT2D eigenvalue weighted by Gasteiger charge is 2.34. The van der Waals surface area contributed by atoms with Crippen molar-refractivity contribution in [3.8, 4) is 11.1 Å². The van der Waals surface area contributed by atoms with Crippen molar-refractivity contribution in [2.45, 2.75) is 49.6 Å². The number of ether oxygens (including phenoxy) is 1. The molecule has 2 amide bonds. The monoisotopic (exact) mass is 553 g/mol. The molecule has 0 saturated carbocycles. The van der Waals surface area contributed by atoms with Gasteiger partial charge in [0.2, 0.25) is 0 Å². The van der Waals surface area contributed by atoms with E-state index in [4.69, 9.17) is 9.84 Å². The zero-order valence-corrected chi connectivity index (χ0v) is 23.5. The number of nitrogens with zero attached hydrogens (tertiary/aromatic N) is 6. The summed E-state index contributed by atoms with van der Waals surface area (Å²) in [6.45, 7) is 3.23. The molecule has 0 aliphatic carbocycles. The third-order valence-corrected chi connectivity index (χ3v) is 9.21. The van der Waals surface area contributed by atoms with Crippen LogP contribution in [-0.4, -0.2) is 78.5 Å². The van der Waals surface area contributed by atoms with Gasteiger partial charge in [-0.15, -0.1) is 0 Å². The molecular weight excluding hydrogens is 518 g/mol. The van der Waals surface area contributed by atoms with E-state index in [1.807, 2.05) is 30.3 Å². The van der Waals surface area contributed by atoms with Crippen molar-refractivity contribution in [1.29, 1.82) is 0 Å². The van der Waals surface area contributed by atoms with E-state index in [-0.39, 0.29) is 17.0 Å². The minimum absolute atomic E-state index is 0.107. The summed E-state index contributed by atoms with van der Waals surface area (Å²) in [4.78, 5) is 16.9. The Kier molecular flexibility index (Phi) is 6.62. The van der Waals surface area contributed by atoms with Crippen molar-refractivity contribution in [1.82, 2.24) is 29.8 Å². The van der Waals surface area contributed by atoms with E-state index in [0.29, 0.717) is 31.9 Å². The van der Waals surface area contributed by atoms with Gasteiger partial charge in [0.25, 0.3) is 0 Å². The largest absolute Gasteiger partial charge is 0.381 e. The summed E-state index contributed by atoms with van der Waals surface area (Å²) in [6.07, 6.45) is 9.08. The van der Waals surface area contributed by atoms with Gasteiger partial charge in [-0.25, -0.2) is 13.2 Å². The van der Waals surface area contributed by atoms with Crippen LogP contribution in [0.1, 0.15) is 42.1 Å². The van der Waals surface area contributed by atoms with Crippen molar-refractivity contribution in [3.63, 3.8) is 0 Å². The number of hydrogen-bond acceptors (Lipinski definition) is 7. The highest BCUT2D eigenvalue weighted by molar-refractivity contribution is 7.90. The number of benzene rings is 1. The first kappa shape index (κ1) is 25.9. The van der Waals surface area contributed by atoms with Crippen LogP contribution in [0.3, 0.4) is 0 Å². The first-order valence-corrected chi connectivity index (χ1v) is 15.4. The minimum Gasteiger partial charge on any atom is -0.381 e. The Hall–Kier alpha value is -3.38. The molecule has 0 spiro atoms. The minimum atomic E-state index is -3.53. The Morgan fingerprint density at radius 2 is 1.95 bits per heavy atom. The second kappa shape index (κ2) is 9.98.